The smallest absolute Gasteiger partial charge is 0.140 e. The zero-order chi connectivity index (χ0) is 15.9. The van der Waals surface area contributed by atoms with E-state index in [2.05, 4.69) is 31.1 Å². The molecule has 0 aromatic heterocycles. The lowest BCUT2D eigenvalue weighted by Gasteiger charge is -2.14. The number of hydrogen-bond acceptors (Lipinski definition) is 4. The standard InChI is InChI=1S/C16H24O4Si/c1-19-13-5-7-14(8-6-13)20-11-9-15(17)16(18)10-12-21(2,3)4/h5-8,15-18H,9,11H2,1-4H3/t15-,16-/m1/s1. The number of aliphatic hydroxyl groups is 2. The van der Waals surface area contributed by atoms with Gasteiger partial charge in [-0.25, -0.2) is 0 Å². The molecule has 0 bridgehead atoms. The second kappa shape index (κ2) is 8.08. The van der Waals surface area contributed by atoms with Crippen molar-refractivity contribution in [3.05, 3.63) is 24.3 Å². The van der Waals surface area contributed by atoms with Gasteiger partial charge in [0.05, 0.1) is 19.8 Å². The Morgan fingerprint density at radius 1 is 1.10 bits per heavy atom. The first kappa shape index (κ1) is 17.6. The Kier molecular flexibility index (Phi) is 6.76. The van der Waals surface area contributed by atoms with Gasteiger partial charge in [-0.3, -0.25) is 0 Å². The van der Waals surface area contributed by atoms with Crippen LogP contribution in [0.3, 0.4) is 0 Å². The second-order valence-corrected chi connectivity index (χ2v) is 10.6. The Morgan fingerprint density at radius 3 is 2.19 bits per heavy atom. The van der Waals surface area contributed by atoms with E-state index in [4.69, 9.17) is 9.47 Å². The fourth-order valence-electron chi connectivity index (χ4n) is 1.51. The first-order valence-corrected chi connectivity index (χ1v) is 10.5. The summed E-state index contributed by atoms with van der Waals surface area (Å²) in [6.45, 7) is 6.59. The van der Waals surface area contributed by atoms with Crippen molar-refractivity contribution >= 4 is 8.07 Å². The lowest BCUT2D eigenvalue weighted by atomic mass is 10.1. The summed E-state index contributed by atoms with van der Waals surface area (Å²) in [6.07, 6.45) is -1.59. The summed E-state index contributed by atoms with van der Waals surface area (Å²) in [5.74, 6) is 4.19. The minimum Gasteiger partial charge on any atom is -0.497 e. The molecule has 4 nitrogen and oxygen atoms in total. The second-order valence-electron chi connectivity index (χ2n) is 5.84. The quantitative estimate of drug-likeness (QED) is 0.624. The summed E-state index contributed by atoms with van der Waals surface area (Å²) in [5.41, 5.74) is 3.05. The Hall–Kier alpha value is -1.48. The van der Waals surface area contributed by atoms with Gasteiger partial charge < -0.3 is 19.7 Å². The average molecular weight is 308 g/mol. The van der Waals surface area contributed by atoms with Crippen LogP contribution in [-0.4, -0.2) is 44.2 Å². The fraction of sp³-hybridized carbons (Fsp3) is 0.500. The highest BCUT2D eigenvalue weighted by Gasteiger charge is 2.15. The van der Waals surface area contributed by atoms with Crippen LogP contribution >= 0.6 is 0 Å². The summed E-state index contributed by atoms with van der Waals surface area (Å²) in [4.78, 5) is 0. The van der Waals surface area contributed by atoms with Crippen molar-refractivity contribution in [1.82, 2.24) is 0 Å². The minimum atomic E-state index is -1.53. The van der Waals surface area contributed by atoms with Gasteiger partial charge >= 0.3 is 0 Å². The van der Waals surface area contributed by atoms with E-state index in [1.165, 1.54) is 0 Å². The molecule has 0 radical (unpaired) electrons. The highest BCUT2D eigenvalue weighted by molar-refractivity contribution is 6.83. The third kappa shape index (κ3) is 7.18. The fourth-order valence-corrected chi connectivity index (χ4v) is 2.09. The molecule has 0 spiro atoms. The molecule has 116 valence electrons. The maximum absolute atomic E-state index is 9.84. The van der Waals surface area contributed by atoms with E-state index < -0.39 is 20.3 Å². The van der Waals surface area contributed by atoms with Crippen LogP contribution in [0.5, 0.6) is 11.5 Å². The molecule has 0 aliphatic heterocycles. The van der Waals surface area contributed by atoms with Gasteiger partial charge in [-0.15, -0.1) is 5.54 Å². The largest absolute Gasteiger partial charge is 0.497 e. The monoisotopic (exact) mass is 308 g/mol. The molecular formula is C16H24O4Si. The van der Waals surface area contributed by atoms with Gasteiger partial charge in [0.15, 0.2) is 0 Å². The Morgan fingerprint density at radius 2 is 1.67 bits per heavy atom. The Balaban J connectivity index is 2.38. The Labute approximate surface area is 127 Å². The number of ether oxygens (including phenoxy) is 2. The summed E-state index contributed by atoms with van der Waals surface area (Å²) in [7, 11) is 0.0721. The third-order valence-electron chi connectivity index (χ3n) is 2.70. The minimum absolute atomic E-state index is 0.319. The number of rotatable bonds is 6. The summed E-state index contributed by atoms with van der Waals surface area (Å²) in [5, 5.41) is 19.6. The zero-order valence-corrected chi connectivity index (χ0v) is 14.1. The van der Waals surface area contributed by atoms with Crippen molar-refractivity contribution in [3.63, 3.8) is 0 Å². The molecule has 0 saturated heterocycles. The number of benzene rings is 1. The van der Waals surface area contributed by atoms with Crippen molar-refractivity contribution in [2.45, 2.75) is 38.3 Å². The van der Waals surface area contributed by atoms with Crippen LogP contribution in [0.25, 0.3) is 0 Å². The predicted molar refractivity (Wildman–Crippen MR) is 86.2 cm³/mol. The van der Waals surface area contributed by atoms with Crippen LogP contribution in [0.1, 0.15) is 6.42 Å². The van der Waals surface area contributed by atoms with Crippen molar-refractivity contribution in [2.24, 2.45) is 0 Å². The molecule has 1 aromatic rings. The van der Waals surface area contributed by atoms with Gasteiger partial charge in [0.25, 0.3) is 0 Å². The maximum Gasteiger partial charge on any atom is 0.140 e. The maximum atomic E-state index is 9.84. The highest BCUT2D eigenvalue weighted by Crippen LogP contribution is 2.17. The molecule has 5 heteroatoms. The first-order valence-electron chi connectivity index (χ1n) is 6.97. The molecule has 1 rings (SSSR count). The van der Waals surface area contributed by atoms with Crippen LogP contribution in [0, 0.1) is 11.5 Å². The molecule has 0 unspecified atom stereocenters. The van der Waals surface area contributed by atoms with Gasteiger partial charge in [0, 0.05) is 6.42 Å². The van der Waals surface area contributed by atoms with Crippen molar-refractivity contribution in [1.29, 1.82) is 0 Å². The Bertz CT molecular complexity index is 482. The highest BCUT2D eigenvalue weighted by atomic mass is 28.3. The van der Waals surface area contributed by atoms with Gasteiger partial charge in [-0.05, 0) is 24.3 Å². The average Bonchev–Trinajstić information content (AvgIpc) is 2.44. The molecule has 0 saturated carbocycles. The number of methoxy groups -OCH3 is 1. The van der Waals surface area contributed by atoms with Crippen LogP contribution in [0.4, 0.5) is 0 Å². The lowest BCUT2D eigenvalue weighted by molar-refractivity contribution is 0.0392. The van der Waals surface area contributed by atoms with Crippen LogP contribution < -0.4 is 9.47 Å². The third-order valence-corrected chi connectivity index (χ3v) is 3.60. The van der Waals surface area contributed by atoms with E-state index in [0.717, 1.165) is 5.75 Å². The van der Waals surface area contributed by atoms with E-state index in [1.54, 1.807) is 31.4 Å². The lowest BCUT2D eigenvalue weighted by Crippen LogP contribution is -2.27. The van der Waals surface area contributed by atoms with Crippen LogP contribution in [0.15, 0.2) is 24.3 Å². The molecule has 1 aromatic carbocycles. The van der Waals surface area contributed by atoms with Gasteiger partial charge in [0.1, 0.15) is 25.7 Å². The number of aliphatic hydroxyl groups excluding tert-OH is 2. The van der Waals surface area contributed by atoms with E-state index in [9.17, 15) is 10.2 Å². The molecule has 0 fully saturated rings. The van der Waals surface area contributed by atoms with E-state index in [-0.39, 0.29) is 0 Å². The van der Waals surface area contributed by atoms with Crippen molar-refractivity contribution in [3.8, 4) is 23.0 Å². The molecule has 0 aliphatic rings. The molecule has 2 atom stereocenters. The molecule has 0 heterocycles. The van der Waals surface area contributed by atoms with Crippen molar-refractivity contribution in [2.75, 3.05) is 13.7 Å². The molecule has 0 aliphatic carbocycles. The van der Waals surface area contributed by atoms with Crippen molar-refractivity contribution < 1.29 is 19.7 Å². The molecular weight excluding hydrogens is 284 g/mol. The molecule has 2 N–H and O–H groups in total. The summed E-state index contributed by atoms with van der Waals surface area (Å²) >= 11 is 0. The van der Waals surface area contributed by atoms with Gasteiger partial charge in [0.2, 0.25) is 0 Å². The van der Waals surface area contributed by atoms with Gasteiger partial charge in [-0.1, -0.05) is 25.6 Å². The predicted octanol–water partition coefficient (Wildman–Crippen LogP) is 2.07. The normalized spacial score (nSPS) is 13.8. The SMILES string of the molecule is COc1ccc(OCC[C@@H](O)[C@H](O)C#C[Si](C)(C)C)cc1. The first-order chi connectivity index (χ1) is 9.81. The summed E-state index contributed by atoms with van der Waals surface area (Å²) in [6, 6.07) is 7.21. The van der Waals surface area contributed by atoms with Crippen LogP contribution in [-0.2, 0) is 0 Å². The topological polar surface area (TPSA) is 58.9 Å². The molecule has 0 amide bonds. The van der Waals surface area contributed by atoms with E-state index in [0.29, 0.717) is 18.8 Å². The van der Waals surface area contributed by atoms with E-state index >= 15 is 0 Å². The van der Waals surface area contributed by atoms with E-state index in [1.807, 2.05) is 0 Å². The number of hydrogen-bond donors (Lipinski definition) is 2. The summed E-state index contributed by atoms with van der Waals surface area (Å²) < 4.78 is 10.6. The molecule has 21 heavy (non-hydrogen) atoms. The van der Waals surface area contributed by atoms with Gasteiger partial charge in [-0.2, -0.15) is 0 Å². The van der Waals surface area contributed by atoms with Crippen LogP contribution in [0.2, 0.25) is 19.6 Å². The zero-order valence-electron chi connectivity index (χ0n) is 13.1.